The topological polar surface area (TPSA) is 84.9 Å². The van der Waals surface area contributed by atoms with Gasteiger partial charge in [-0.1, -0.05) is 0 Å². The summed E-state index contributed by atoms with van der Waals surface area (Å²) < 4.78 is 59.8. The number of ether oxygens (including phenoxy) is 2. The van der Waals surface area contributed by atoms with E-state index in [9.17, 15) is 17.2 Å². The Morgan fingerprint density at radius 3 is 2.38 bits per heavy atom. The number of sulfonamides is 1. The quantitative estimate of drug-likeness (QED) is 0.650. The summed E-state index contributed by atoms with van der Waals surface area (Å²) >= 11 is 0. The van der Waals surface area contributed by atoms with Crippen LogP contribution in [0.25, 0.3) is 0 Å². The fraction of sp³-hybridized carbons (Fsp3) is 0.500. The standard InChI is InChI=1S/C12H17F2NO5S/c1-19-6-7-20-9-2-4-10(5-3-9)21(17,18)15-8-11(16)12(13)14/h2-5,11-12,15-16H,6-8H2,1H3. The van der Waals surface area contributed by atoms with Gasteiger partial charge in [-0.3, -0.25) is 0 Å². The van der Waals surface area contributed by atoms with Crippen molar-refractivity contribution in [1.29, 1.82) is 0 Å². The molecule has 0 aliphatic heterocycles. The Morgan fingerprint density at radius 2 is 1.86 bits per heavy atom. The number of rotatable bonds is 9. The van der Waals surface area contributed by atoms with Crippen LogP contribution in [-0.4, -0.2) is 52.9 Å². The van der Waals surface area contributed by atoms with Crippen molar-refractivity contribution in [2.75, 3.05) is 26.9 Å². The Morgan fingerprint density at radius 1 is 1.24 bits per heavy atom. The summed E-state index contributed by atoms with van der Waals surface area (Å²) in [5, 5.41) is 8.89. The lowest BCUT2D eigenvalue weighted by Gasteiger charge is -2.11. The molecule has 0 amide bonds. The second kappa shape index (κ2) is 8.23. The van der Waals surface area contributed by atoms with Crippen molar-refractivity contribution in [3.63, 3.8) is 0 Å². The summed E-state index contributed by atoms with van der Waals surface area (Å²) in [5.41, 5.74) is 0. The molecular weight excluding hydrogens is 308 g/mol. The number of aliphatic hydroxyl groups excluding tert-OH is 1. The van der Waals surface area contributed by atoms with Crippen LogP contribution in [0.2, 0.25) is 0 Å². The molecule has 0 saturated carbocycles. The first kappa shape index (κ1) is 17.8. The number of nitrogens with one attached hydrogen (secondary N) is 1. The molecule has 1 unspecified atom stereocenters. The molecule has 9 heteroatoms. The number of aliphatic hydroxyl groups is 1. The van der Waals surface area contributed by atoms with Gasteiger partial charge < -0.3 is 14.6 Å². The van der Waals surface area contributed by atoms with Crippen molar-refractivity contribution in [3.05, 3.63) is 24.3 Å². The highest BCUT2D eigenvalue weighted by Crippen LogP contribution is 2.16. The molecule has 0 bridgehead atoms. The third-order valence-corrected chi connectivity index (χ3v) is 3.90. The number of hydrogen-bond acceptors (Lipinski definition) is 5. The highest BCUT2D eigenvalue weighted by atomic mass is 32.2. The maximum atomic E-state index is 12.1. The second-order valence-corrected chi connectivity index (χ2v) is 5.83. The summed E-state index contributed by atoms with van der Waals surface area (Å²) in [4.78, 5) is -0.108. The van der Waals surface area contributed by atoms with Gasteiger partial charge in [-0.2, -0.15) is 0 Å². The second-order valence-electron chi connectivity index (χ2n) is 4.07. The van der Waals surface area contributed by atoms with Crippen LogP contribution in [0.3, 0.4) is 0 Å². The monoisotopic (exact) mass is 325 g/mol. The molecule has 0 radical (unpaired) electrons. The molecule has 1 atom stereocenters. The van der Waals surface area contributed by atoms with Gasteiger partial charge in [0.1, 0.15) is 18.5 Å². The van der Waals surface area contributed by atoms with Crippen LogP contribution >= 0.6 is 0 Å². The van der Waals surface area contributed by atoms with Crippen LogP contribution in [0.15, 0.2) is 29.2 Å². The zero-order chi connectivity index (χ0) is 15.9. The summed E-state index contributed by atoms with van der Waals surface area (Å²) in [6.07, 6.45) is -5.05. The molecule has 0 aromatic heterocycles. The SMILES string of the molecule is COCCOc1ccc(S(=O)(=O)NCC(O)C(F)F)cc1. The molecule has 0 fully saturated rings. The van der Waals surface area contributed by atoms with E-state index in [1.807, 2.05) is 4.72 Å². The fourth-order valence-corrected chi connectivity index (χ4v) is 2.38. The molecular formula is C12H17F2NO5S. The molecule has 120 valence electrons. The fourth-order valence-electron chi connectivity index (χ4n) is 1.33. The lowest BCUT2D eigenvalue weighted by atomic mass is 10.3. The summed E-state index contributed by atoms with van der Waals surface area (Å²) in [5.74, 6) is 0.457. The van der Waals surface area contributed by atoms with E-state index in [-0.39, 0.29) is 4.90 Å². The van der Waals surface area contributed by atoms with Crippen molar-refractivity contribution in [3.8, 4) is 5.75 Å². The molecule has 0 spiro atoms. The zero-order valence-corrected chi connectivity index (χ0v) is 12.1. The minimum absolute atomic E-state index is 0.108. The first-order valence-electron chi connectivity index (χ1n) is 6.04. The average Bonchev–Trinajstić information content (AvgIpc) is 2.45. The van der Waals surface area contributed by atoms with Gasteiger partial charge in [0.15, 0.2) is 0 Å². The van der Waals surface area contributed by atoms with Crippen LogP contribution in [0, 0.1) is 0 Å². The number of methoxy groups -OCH3 is 1. The van der Waals surface area contributed by atoms with E-state index in [4.69, 9.17) is 14.6 Å². The maximum absolute atomic E-state index is 12.1. The predicted molar refractivity (Wildman–Crippen MR) is 71.0 cm³/mol. The normalized spacial score (nSPS) is 13.4. The van der Waals surface area contributed by atoms with Crippen LogP contribution in [-0.2, 0) is 14.8 Å². The number of halogens is 2. The molecule has 0 heterocycles. The zero-order valence-electron chi connectivity index (χ0n) is 11.3. The third-order valence-electron chi connectivity index (χ3n) is 2.46. The maximum Gasteiger partial charge on any atom is 0.265 e. The Hall–Kier alpha value is -1.29. The van der Waals surface area contributed by atoms with Gasteiger partial charge >= 0.3 is 0 Å². The van der Waals surface area contributed by atoms with E-state index in [1.54, 1.807) is 0 Å². The smallest absolute Gasteiger partial charge is 0.265 e. The van der Waals surface area contributed by atoms with Gasteiger partial charge in [-0.25, -0.2) is 21.9 Å². The average molecular weight is 325 g/mol. The summed E-state index contributed by atoms with van der Waals surface area (Å²) in [6, 6.07) is 5.43. The number of alkyl halides is 2. The summed E-state index contributed by atoms with van der Waals surface area (Å²) in [6.45, 7) is -0.0410. The van der Waals surface area contributed by atoms with E-state index >= 15 is 0 Å². The third kappa shape index (κ3) is 5.92. The van der Waals surface area contributed by atoms with Crippen LogP contribution in [0.4, 0.5) is 8.78 Å². The molecule has 1 aromatic rings. The van der Waals surface area contributed by atoms with E-state index in [2.05, 4.69) is 0 Å². The van der Waals surface area contributed by atoms with Gasteiger partial charge in [0.2, 0.25) is 10.0 Å². The minimum atomic E-state index is -3.95. The molecule has 0 saturated heterocycles. The molecule has 2 N–H and O–H groups in total. The number of hydrogen-bond donors (Lipinski definition) is 2. The van der Waals surface area contributed by atoms with Gasteiger partial charge in [0.25, 0.3) is 6.43 Å². The molecule has 1 rings (SSSR count). The van der Waals surface area contributed by atoms with E-state index < -0.39 is 29.1 Å². The highest BCUT2D eigenvalue weighted by molar-refractivity contribution is 7.89. The van der Waals surface area contributed by atoms with Gasteiger partial charge in [0, 0.05) is 13.7 Å². The van der Waals surface area contributed by atoms with Crippen LogP contribution < -0.4 is 9.46 Å². The Balaban J connectivity index is 2.62. The molecule has 0 aliphatic carbocycles. The van der Waals surface area contributed by atoms with E-state index in [0.29, 0.717) is 19.0 Å². The van der Waals surface area contributed by atoms with E-state index in [1.165, 1.54) is 31.4 Å². The lowest BCUT2D eigenvalue weighted by molar-refractivity contribution is -0.000451. The first-order chi connectivity index (χ1) is 9.86. The van der Waals surface area contributed by atoms with Crippen molar-refractivity contribution in [1.82, 2.24) is 4.72 Å². The van der Waals surface area contributed by atoms with Gasteiger partial charge in [-0.05, 0) is 24.3 Å². The first-order valence-corrected chi connectivity index (χ1v) is 7.53. The van der Waals surface area contributed by atoms with Crippen LogP contribution in [0.5, 0.6) is 5.75 Å². The Kier molecular flexibility index (Phi) is 6.96. The van der Waals surface area contributed by atoms with Crippen molar-refractivity contribution in [2.45, 2.75) is 17.4 Å². The number of benzene rings is 1. The van der Waals surface area contributed by atoms with Crippen molar-refractivity contribution >= 4 is 10.0 Å². The summed E-state index contributed by atoms with van der Waals surface area (Å²) in [7, 11) is -2.43. The highest BCUT2D eigenvalue weighted by Gasteiger charge is 2.21. The van der Waals surface area contributed by atoms with Crippen LogP contribution in [0.1, 0.15) is 0 Å². The van der Waals surface area contributed by atoms with Crippen molar-refractivity contribution in [2.24, 2.45) is 0 Å². The van der Waals surface area contributed by atoms with Gasteiger partial charge in [-0.15, -0.1) is 0 Å². The molecule has 0 aliphatic rings. The van der Waals surface area contributed by atoms with Gasteiger partial charge in [0.05, 0.1) is 11.5 Å². The Bertz CT molecular complexity index is 521. The largest absolute Gasteiger partial charge is 0.491 e. The molecule has 6 nitrogen and oxygen atoms in total. The Labute approximate surface area is 121 Å². The minimum Gasteiger partial charge on any atom is -0.491 e. The lowest BCUT2D eigenvalue weighted by Crippen LogP contribution is -2.35. The van der Waals surface area contributed by atoms with Crippen molar-refractivity contribution < 1.29 is 31.8 Å². The van der Waals surface area contributed by atoms with E-state index in [0.717, 1.165) is 0 Å². The predicted octanol–water partition coefficient (Wildman–Crippen LogP) is 0.616. The molecule has 21 heavy (non-hydrogen) atoms. The molecule has 1 aromatic carbocycles.